The second kappa shape index (κ2) is 7.43. The van der Waals surface area contributed by atoms with Crippen LogP contribution in [0.1, 0.15) is 46.4 Å². The van der Waals surface area contributed by atoms with Crippen molar-refractivity contribution in [1.82, 2.24) is 14.9 Å². The number of hydrogen-bond donors (Lipinski definition) is 1. The third-order valence-corrected chi connectivity index (χ3v) is 3.33. The van der Waals surface area contributed by atoms with Crippen LogP contribution in [0.15, 0.2) is 12.4 Å². The highest BCUT2D eigenvalue weighted by atomic mass is 16.5. The topological polar surface area (TPSA) is 56.2 Å². The average Bonchev–Trinajstić information content (AvgIpc) is 2.74. The highest BCUT2D eigenvalue weighted by molar-refractivity contribution is 5.80. The molecule has 0 aliphatic carbocycles. The molecule has 0 aromatic carbocycles. The number of imidazole rings is 1. The number of nitrogens with zero attached hydrogens (tertiary/aromatic N) is 2. The molecule has 0 bridgehead atoms. The summed E-state index contributed by atoms with van der Waals surface area (Å²) in [6.07, 6.45) is 5.40. The van der Waals surface area contributed by atoms with E-state index < -0.39 is 5.54 Å². The smallest absolute Gasteiger partial charge is 0.326 e. The van der Waals surface area contributed by atoms with Gasteiger partial charge in [-0.2, -0.15) is 0 Å². The molecule has 0 saturated carbocycles. The summed E-state index contributed by atoms with van der Waals surface area (Å²) in [5.74, 6) is 0.829. The molecule has 1 rings (SSSR count). The van der Waals surface area contributed by atoms with Crippen molar-refractivity contribution in [2.45, 2.75) is 65.6 Å². The lowest BCUT2D eigenvalue weighted by atomic mass is 9.94. The summed E-state index contributed by atoms with van der Waals surface area (Å²) in [5, 5.41) is 3.34. The second-order valence-corrected chi connectivity index (χ2v) is 5.62. The van der Waals surface area contributed by atoms with E-state index in [1.807, 2.05) is 40.8 Å². The summed E-state index contributed by atoms with van der Waals surface area (Å²) in [7, 11) is 0. The predicted octanol–water partition coefficient (Wildman–Crippen LogP) is 2.29. The second-order valence-electron chi connectivity index (χ2n) is 5.62. The molecule has 114 valence electrons. The average molecular weight is 281 g/mol. The van der Waals surface area contributed by atoms with Gasteiger partial charge in [0, 0.05) is 25.0 Å². The van der Waals surface area contributed by atoms with Crippen molar-refractivity contribution in [3.8, 4) is 0 Å². The van der Waals surface area contributed by atoms with Crippen molar-refractivity contribution in [1.29, 1.82) is 0 Å². The maximum absolute atomic E-state index is 12.2. The van der Waals surface area contributed by atoms with Gasteiger partial charge in [0.2, 0.25) is 0 Å². The van der Waals surface area contributed by atoms with Gasteiger partial charge >= 0.3 is 5.97 Å². The van der Waals surface area contributed by atoms with E-state index in [0.29, 0.717) is 6.61 Å². The zero-order chi connectivity index (χ0) is 15.2. The number of esters is 1. The van der Waals surface area contributed by atoms with Crippen LogP contribution in [-0.2, 0) is 16.1 Å². The Morgan fingerprint density at radius 3 is 2.75 bits per heavy atom. The van der Waals surface area contributed by atoms with Crippen LogP contribution < -0.4 is 5.32 Å². The van der Waals surface area contributed by atoms with Gasteiger partial charge < -0.3 is 9.30 Å². The van der Waals surface area contributed by atoms with Gasteiger partial charge in [0.05, 0.1) is 6.61 Å². The molecule has 1 heterocycles. The van der Waals surface area contributed by atoms with Gasteiger partial charge in [-0.05, 0) is 47.5 Å². The van der Waals surface area contributed by atoms with Gasteiger partial charge in [-0.15, -0.1) is 0 Å². The molecular formula is C15H27N3O2. The van der Waals surface area contributed by atoms with E-state index in [4.69, 9.17) is 4.74 Å². The number of ether oxygens (including phenoxy) is 1. The first-order valence-electron chi connectivity index (χ1n) is 7.31. The molecule has 5 heteroatoms. The molecule has 1 aromatic rings. The minimum atomic E-state index is -0.626. The van der Waals surface area contributed by atoms with Crippen molar-refractivity contribution < 1.29 is 9.53 Å². The Balaban J connectivity index is 2.60. The van der Waals surface area contributed by atoms with Gasteiger partial charge in [-0.3, -0.25) is 10.1 Å². The molecule has 0 aliphatic rings. The van der Waals surface area contributed by atoms with Crippen molar-refractivity contribution in [2.75, 3.05) is 6.61 Å². The molecule has 0 saturated heterocycles. The van der Waals surface area contributed by atoms with E-state index in [9.17, 15) is 4.79 Å². The Morgan fingerprint density at radius 1 is 1.55 bits per heavy atom. The molecule has 0 spiro atoms. The van der Waals surface area contributed by atoms with Crippen LogP contribution in [0.4, 0.5) is 0 Å². The Labute approximate surface area is 121 Å². The van der Waals surface area contributed by atoms with Gasteiger partial charge in [-0.25, -0.2) is 4.98 Å². The first-order valence-corrected chi connectivity index (χ1v) is 7.31. The zero-order valence-corrected chi connectivity index (χ0v) is 13.3. The lowest BCUT2D eigenvalue weighted by Crippen LogP contribution is -2.53. The van der Waals surface area contributed by atoms with Crippen LogP contribution in [0.25, 0.3) is 0 Å². The van der Waals surface area contributed by atoms with E-state index in [1.165, 1.54) is 0 Å². The van der Waals surface area contributed by atoms with Gasteiger partial charge in [0.25, 0.3) is 0 Å². The van der Waals surface area contributed by atoms with E-state index in [2.05, 4.69) is 14.9 Å². The van der Waals surface area contributed by atoms with E-state index >= 15 is 0 Å². The summed E-state index contributed by atoms with van der Waals surface area (Å²) >= 11 is 0. The van der Waals surface area contributed by atoms with Crippen LogP contribution in [0.5, 0.6) is 0 Å². The largest absolute Gasteiger partial charge is 0.465 e. The predicted molar refractivity (Wildman–Crippen MR) is 79.5 cm³/mol. The van der Waals surface area contributed by atoms with Crippen LogP contribution in [0.3, 0.4) is 0 Å². The highest BCUT2D eigenvalue weighted by Gasteiger charge is 2.34. The fourth-order valence-electron chi connectivity index (χ4n) is 2.40. The number of nitrogens with one attached hydrogen (secondary N) is 1. The maximum Gasteiger partial charge on any atom is 0.326 e. The number of aromatic nitrogens is 2. The Kier molecular flexibility index (Phi) is 6.20. The van der Waals surface area contributed by atoms with Crippen LogP contribution >= 0.6 is 0 Å². The van der Waals surface area contributed by atoms with Crippen LogP contribution in [0, 0.1) is 6.92 Å². The van der Waals surface area contributed by atoms with Gasteiger partial charge in [-0.1, -0.05) is 0 Å². The summed E-state index contributed by atoms with van der Waals surface area (Å²) in [5.41, 5.74) is -0.626. The van der Waals surface area contributed by atoms with Gasteiger partial charge in [0.15, 0.2) is 0 Å². The number of aryl methyl sites for hydroxylation is 2. The third kappa shape index (κ3) is 4.63. The summed E-state index contributed by atoms with van der Waals surface area (Å²) in [4.78, 5) is 16.4. The summed E-state index contributed by atoms with van der Waals surface area (Å²) in [6.45, 7) is 11.1. The van der Waals surface area contributed by atoms with Crippen molar-refractivity contribution >= 4 is 5.97 Å². The molecule has 20 heavy (non-hydrogen) atoms. The molecule has 1 N–H and O–H groups in total. The number of rotatable bonds is 8. The van der Waals surface area contributed by atoms with Crippen LogP contribution in [-0.4, -0.2) is 33.7 Å². The number of carbonyl (C=O) groups excluding carboxylic acids is 1. The molecular weight excluding hydrogens is 254 g/mol. The fraction of sp³-hybridized carbons (Fsp3) is 0.733. The first-order chi connectivity index (χ1) is 9.39. The first kappa shape index (κ1) is 16.7. The Bertz CT molecular complexity index is 429. The minimum Gasteiger partial charge on any atom is -0.465 e. The fourth-order valence-corrected chi connectivity index (χ4v) is 2.40. The Hall–Kier alpha value is -1.36. The molecule has 1 aromatic heterocycles. The molecule has 0 amide bonds. The molecule has 1 atom stereocenters. The van der Waals surface area contributed by atoms with Gasteiger partial charge in [0.1, 0.15) is 11.4 Å². The Morgan fingerprint density at radius 2 is 2.25 bits per heavy atom. The molecule has 0 fully saturated rings. The molecule has 0 radical (unpaired) electrons. The lowest BCUT2D eigenvalue weighted by Gasteiger charge is -2.30. The number of carbonyl (C=O) groups is 1. The molecule has 5 nitrogen and oxygen atoms in total. The highest BCUT2D eigenvalue weighted by Crippen LogP contribution is 2.17. The number of hydrogen-bond acceptors (Lipinski definition) is 4. The maximum atomic E-state index is 12.2. The van der Waals surface area contributed by atoms with Crippen molar-refractivity contribution in [3.63, 3.8) is 0 Å². The third-order valence-electron chi connectivity index (χ3n) is 3.33. The molecule has 1 unspecified atom stereocenters. The minimum absolute atomic E-state index is 0.170. The quantitative estimate of drug-likeness (QED) is 0.743. The lowest BCUT2D eigenvalue weighted by molar-refractivity contribution is -0.151. The van der Waals surface area contributed by atoms with Crippen molar-refractivity contribution in [3.05, 3.63) is 18.2 Å². The van der Waals surface area contributed by atoms with E-state index in [1.54, 1.807) is 6.20 Å². The normalized spacial score (nSPS) is 14.3. The molecule has 0 aliphatic heterocycles. The zero-order valence-electron chi connectivity index (χ0n) is 13.3. The summed E-state index contributed by atoms with van der Waals surface area (Å²) in [6, 6.07) is 0.236. The standard InChI is InChI=1S/C15H27N3O2/c1-6-20-14(19)15(5,17-12(2)3)8-7-10-18-11-9-16-13(18)4/h9,11-12,17H,6-8,10H2,1-5H3. The SMILES string of the molecule is CCOC(=O)C(C)(CCCn1ccnc1C)NC(C)C. The van der Waals surface area contributed by atoms with E-state index in [-0.39, 0.29) is 12.0 Å². The van der Waals surface area contributed by atoms with Crippen LogP contribution in [0.2, 0.25) is 0 Å². The monoisotopic (exact) mass is 281 g/mol. The summed E-state index contributed by atoms with van der Waals surface area (Å²) < 4.78 is 7.30. The van der Waals surface area contributed by atoms with Crippen molar-refractivity contribution in [2.24, 2.45) is 0 Å². The van der Waals surface area contributed by atoms with E-state index in [0.717, 1.165) is 25.2 Å².